The lowest BCUT2D eigenvalue weighted by Gasteiger charge is -2.32. The summed E-state index contributed by atoms with van der Waals surface area (Å²) >= 11 is 0. The van der Waals surface area contributed by atoms with E-state index in [2.05, 4.69) is 26.0 Å². The largest absolute Gasteiger partial charge is 0.298 e. The Kier molecular flexibility index (Phi) is 5.18. The lowest BCUT2D eigenvalue weighted by molar-refractivity contribution is 0.112. The molecule has 0 N–H and O–H groups in total. The molecular weight excluding hydrogens is 232 g/mol. The highest BCUT2D eigenvalue weighted by molar-refractivity contribution is 5.74. The van der Waals surface area contributed by atoms with E-state index in [0.29, 0.717) is 5.92 Å². The van der Waals surface area contributed by atoms with Gasteiger partial charge in [-0.2, -0.15) is 0 Å². The van der Waals surface area contributed by atoms with Crippen molar-refractivity contribution in [2.24, 2.45) is 11.8 Å². The van der Waals surface area contributed by atoms with Crippen LogP contribution in [0.2, 0.25) is 0 Å². The summed E-state index contributed by atoms with van der Waals surface area (Å²) in [5.74, 6) is 2.43. The number of aldehydes is 1. The van der Waals surface area contributed by atoms with Gasteiger partial charge in [-0.15, -0.1) is 0 Å². The van der Waals surface area contributed by atoms with Crippen LogP contribution >= 0.6 is 0 Å². The molecule has 1 heteroatoms. The molecular formula is C18H26O. The highest BCUT2D eigenvalue weighted by Crippen LogP contribution is 2.39. The van der Waals surface area contributed by atoms with Crippen LogP contribution in [0.15, 0.2) is 24.3 Å². The summed E-state index contributed by atoms with van der Waals surface area (Å²) in [6.45, 7) is 4.64. The minimum absolute atomic E-state index is 0.628. The molecule has 1 nitrogen and oxygen atoms in total. The number of carbonyl (C=O) groups is 1. The second-order valence-corrected chi connectivity index (χ2v) is 6.14. The molecule has 104 valence electrons. The van der Waals surface area contributed by atoms with Gasteiger partial charge in [0.05, 0.1) is 0 Å². The Morgan fingerprint density at radius 2 is 1.79 bits per heavy atom. The van der Waals surface area contributed by atoms with E-state index < -0.39 is 0 Å². The van der Waals surface area contributed by atoms with Crippen molar-refractivity contribution in [2.75, 3.05) is 0 Å². The average molecular weight is 258 g/mol. The standard InChI is InChI=1S/C18H26O/c1-3-4-15-5-9-17(10-6-15)14(2)18-11-7-16(13-19)8-12-18/h7-8,11-15,17H,3-6,9-10H2,1-2H3. The Morgan fingerprint density at radius 3 is 2.32 bits per heavy atom. The third kappa shape index (κ3) is 3.68. The first-order valence-electron chi connectivity index (χ1n) is 7.79. The number of benzene rings is 1. The average Bonchev–Trinajstić information content (AvgIpc) is 2.48. The predicted molar refractivity (Wildman–Crippen MR) is 80.6 cm³/mol. The fraction of sp³-hybridized carbons (Fsp3) is 0.611. The Hall–Kier alpha value is -1.11. The fourth-order valence-electron chi connectivity index (χ4n) is 3.54. The van der Waals surface area contributed by atoms with E-state index in [4.69, 9.17) is 0 Å². The predicted octanol–water partition coefficient (Wildman–Crippen LogP) is 5.21. The van der Waals surface area contributed by atoms with Gasteiger partial charge in [0, 0.05) is 5.56 Å². The van der Waals surface area contributed by atoms with Gasteiger partial charge < -0.3 is 0 Å². The van der Waals surface area contributed by atoms with Gasteiger partial charge in [-0.05, 0) is 36.2 Å². The van der Waals surface area contributed by atoms with E-state index in [1.165, 1.54) is 44.1 Å². The Morgan fingerprint density at radius 1 is 1.16 bits per heavy atom. The maximum Gasteiger partial charge on any atom is 0.150 e. The van der Waals surface area contributed by atoms with E-state index in [0.717, 1.165) is 23.7 Å². The van der Waals surface area contributed by atoms with Crippen LogP contribution in [0.4, 0.5) is 0 Å². The second-order valence-electron chi connectivity index (χ2n) is 6.14. The van der Waals surface area contributed by atoms with Gasteiger partial charge in [-0.1, -0.05) is 63.8 Å². The van der Waals surface area contributed by atoms with Crippen molar-refractivity contribution in [1.82, 2.24) is 0 Å². The smallest absolute Gasteiger partial charge is 0.150 e. The van der Waals surface area contributed by atoms with Crippen molar-refractivity contribution >= 4 is 6.29 Å². The molecule has 1 atom stereocenters. The topological polar surface area (TPSA) is 17.1 Å². The van der Waals surface area contributed by atoms with Crippen LogP contribution in [0.5, 0.6) is 0 Å². The molecule has 1 aromatic carbocycles. The molecule has 0 radical (unpaired) electrons. The molecule has 0 heterocycles. The van der Waals surface area contributed by atoms with Crippen molar-refractivity contribution in [2.45, 2.75) is 58.3 Å². The minimum atomic E-state index is 0.628. The van der Waals surface area contributed by atoms with Gasteiger partial charge in [0.15, 0.2) is 0 Å². The zero-order valence-corrected chi connectivity index (χ0v) is 12.3. The van der Waals surface area contributed by atoms with Crippen molar-refractivity contribution in [3.63, 3.8) is 0 Å². The Balaban J connectivity index is 1.92. The summed E-state index contributed by atoms with van der Waals surface area (Å²) in [6, 6.07) is 8.15. The van der Waals surface area contributed by atoms with Crippen LogP contribution in [0.1, 0.15) is 74.2 Å². The zero-order chi connectivity index (χ0) is 13.7. The molecule has 1 unspecified atom stereocenters. The highest BCUT2D eigenvalue weighted by atomic mass is 16.1. The van der Waals surface area contributed by atoms with Gasteiger partial charge in [-0.3, -0.25) is 4.79 Å². The lowest BCUT2D eigenvalue weighted by atomic mass is 9.73. The number of hydrogen-bond donors (Lipinski definition) is 0. The van der Waals surface area contributed by atoms with Gasteiger partial charge in [0.2, 0.25) is 0 Å². The Labute approximate surface area is 117 Å². The summed E-state index contributed by atoms with van der Waals surface area (Å²) in [7, 11) is 0. The number of hydrogen-bond acceptors (Lipinski definition) is 1. The molecule has 2 rings (SSSR count). The summed E-state index contributed by atoms with van der Waals surface area (Å²) in [5, 5.41) is 0. The molecule has 0 aliphatic heterocycles. The second kappa shape index (κ2) is 6.88. The quantitative estimate of drug-likeness (QED) is 0.663. The molecule has 1 saturated carbocycles. The molecule has 0 spiro atoms. The normalized spacial score (nSPS) is 24.9. The van der Waals surface area contributed by atoms with Crippen molar-refractivity contribution in [3.8, 4) is 0 Å². The highest BCUT2D eigenvalue weighted by Gasteiger charge is 2.25. The molecule has 0 aromatic heterocycles. The first kappa shape index (κ1) is 14.3. The molecule has 0 saturated heterocycles. The van der Waals surface area contributed by atoms with Crippen molar-refractivity contribution < 1.29 is 4.79 Å². The molecule has 1 aromatic rings. The molecule has 19 heavy (non-hydrogen) atoms. The fourth-order valence-corrected chi connectivity index (χ4v) is 3.54. The summed E-state index contributed by atoms with van der Waals surface area (Å²) in [4.78, 5) is 10.7. The van der Waals surface area contributed by atoms with E-state index in [1.54, 1.807) is 0 Å². The number of carbonyl (C=O) groups excluding carboxylic acids is 1. The summed E-state index contributed by atoms with van der Waals surface area (Å²) in [5.41, 5.74) is 2.17. The van der Waals surface area contributed by atoms with E-state index in [-0.39, 0.29) is 0 Å². The van der Waals surface area contributed by atoms with Gasteiger partial charge >= 0.3 is 0 Å². The van der Waals surface area contributed by atoms with E-state index in [1.807, 2.05) is 12.1 Å². The van der Waals surface area contributed by atoms with Crippen LogP contribution in [-0.4, -0.2) is 6.29 Å². The van der Waals surface area contributed by atoms with Crippen LogP contribution < -0.4 is 0 Å². The minimum Gasteiger partial charge on any atom is -0.298 e. The maximum absolute atomic E-state index is 10.7. The van der Waals surface area contributed by atoms with Crippen molar-refractivity contribution in [1.29, 1.82) is 0 Å². The monoisotopic (exact) mass is 258 g/mol. The molecule has 0 amide bonds. The van der Waals surface area contributed by atoms with Crippen LogP contribution in [0, 0.1) is 11.8 Å². The van der Waals surface area contributed by atoms with Crippen LogP contribution in [0.3, 0.4) is 0 Å². The number of rotatable bonds is 5. The first-order valence-corrected chi connectivity index (χ1v) is 7.79. The summed E-state index contributed by atoms with van der Waals surface area (Å²) in [6.07, 6.45) is 9.24. The third-order valence-corrected chi connectivity index (χ3v) is 4.89. The molecule has 1 aliphatic carbocycles. The summed E-state index contributed by atoms with van der Waals surface area (Å²) < 4.78 is 0. The van der Waals surface area contributed by atoms with Crippen LogP contribution in [0.25, 0.3) is 0 Å². The molecule has 1 aliphatic rings. The Bertz CT molecular complexity index is 385. The van der Waals surface area contributed by atoms with E-state index >= 15 is 0 Å². The van der Waals surface area contributed by atoms with E-state index in [9.17, 15) is 4.79 Å². The maximum atomic E-state index is 10.7. The lowest BCUT2D eigenvalue weighted by Crippen LogP contribution is -2.19. The molecule has 1 fully saturated rings. The van der Waals surface area contributed by atoms with Gasteiger partial charge in [-0.25, -0.2) is 0 Å². The zero-order valence-electron chi connectivity index (χ0n) is 12.3. The van der Waals surface area contributed by atoms with Crippen LogP contribution in [-0.2, 0) is 0 Å². The first-order chi connectivity index (χ1) is 9.24. The third-order valence-electron chi connectivity index (χ3n) is 4.89. The van der Waals surface area contributed by atoms with Crippen molar-refractivity contribution in [3.05, 3.63) is 35.4 Å². The molecule has 0 bridgehead atoms. The van der Waals surface area contributed by atoms with Gasteiger partial charge in [0.1, 0.15) is 6.29 Å². The van der Waals surface area contributed by atoms with Gasteiger partial charge in [0.25, 0.3) is 0 Å². The SMILES string of the molecule is CCCC1CCC(C(C)c2ccc(C=O)cc2)CC1.